The number of carbonyl (C=O) groups is 1. The van der Waals surface area contributed by atoms with Crippen LogP contribution in [0.15, 0.2) is 34.4 Å². The van der Waals surface area contributed by atoms with Gasteiger partial charge in [0, 0.05) is 30.6 Å². The summed E-state index contributed by atoms with van der Waals surface area (Å²) in [5, 5.41) is 6.44. The number of carbonyl (C=O) groups excluding carboxylic acids is 1. The van der Waals surface area contributed by atoms with E-state index in [0.29, 0.717) is 31.2 Å². The van der Waals surface area contributed by atoms with Gasteiger partial charge in [0.05, 0.1) is 0 Å². The Bertz CT molecular complexity index is 459. The van der Waals surface area contributed by atoms with Crippen LogP contribution in [0.1, 0.15) is 6.42 Å². The van der Waals surface area contributed by atoms with Gasteiger partial charge in [0.1, 0.15) is 11.6 Å². The third-order valence-electron chi connectivity index (χ3n) is 2.63. The standard InChI is InChI=1S/C10H12N6O/c1-7-12-3-2-9(14-7)16-6-8(4-10(16)17)5-13-15-11/h2-3,8,14H,1,4-6H2. The summed E-state index contributed by atoms with van der Waals surface area (Å²) in [6.45, 7) is 4.58. The fourth-order valence-electron chi connectivity index (χ4n) is 1.87. The van der Waals surface area contributed by atoms with Crippen LogP contribution in [0.4, 0.5) is 0 Å². The molecule has 7 heteroatoms. The molecule has 0 saturated carbocycles. The Balaban J connectivity index is 2.05. The largest absolute Gasteiger partial charge is 0.327 e. The lowest BCUT2D eigenvalue weighted by Crippen LogP contribution is -2.33. The lowest BCUT2D eigenvalue weighted by molar-refractivity contribution is -0.126. The topological polar surface area (TPSA) is 93.5 Å². The molecular formula is C10H12N6O. The molecule has 0 spiro atoms. The number of amides is 1. The molecule has 1 fully saturated rings. The summed E-state index contributed by atoms with van der Waals surface area (Å²) < 4.78 is 0. The average Bonchev–Trinajstić information content (AvgIpc) is 2.68. The molecule has 1 atom stereocenters. The number of azide groups is 1. The van der Waals surface area contributed by atoms with E-state index in [1.165, 1.54) is 0 Å². The highest BCUT2D eigenvalue weighted by atomic mass is 16.2. The lowest BCUT2D eigenvalue weighted by Gasteiger charge is -2.22. The highest BCUT2D eigenvalue weighted by molar-refractivity contribution is 5.83. The van der Waals surface area contributed by atoms with Gasteiger partial charge in [0.2, 0.25) is 5.91 Å². The second-order valence-electron chi connectivity index (χ2n) is 3.89. The smallest absolute Gasteiger partial charge is 0.228 e. The molecule has 17 heavy (non-hydrogen) atoms. The molecule has 88 valence electrons. The van der Waals surface area contributed by atoms with Gasteiger partial charge in [0.15, 0.2) is 0 Å². The second kappa shape index (κ2) is 4.71. The molecule has 2 aliphatic heterocycles. The molecule has 0 radical (unpaired) electrons. The molecule has 0 aromatic heterocycles. The maximum absolute atomic E-state index is 11.8. The zero-order chi connectivity index (χ0) is 12.3. The van der Waals surface area contributed by atoms with Gasteiger partial charge in [-0.3, -0.25) is 9.69 Å². The maximum atomic E-state index is 11.8. The SMILES string of the molecule is C=C1N=CC=C(N2CC(CN=[N+]=[N-])CC2=O)N1. The third kappa shape index (κ3) is 2.46. The number of aliphatic imine (C=N–C) groups is 1. The van der Waals surface area contributed by atoms with Crippen LogP contribution in [0.2, 0.25) is 0 Å². The summed E-state index contributed by atoms with van der Waals surface area (Å²) >= 11 is 0. The Kier molecular flexibility index (Phi) is 3.11. The number of nitrogens with one attached hydrogen (secondary N) is 1. The van der Waals surface area contributed by atoms with Crippen molar-refractivity contribution in [3.05, 3.63) is 34.7 Å². The molecule has 0 aliphatic carbocycles. The van der Waals surface area contributed by atoms with Crippen LogP contribution in [0, 0.1) is 5.92 Å². The van der Waals surface area contributed by atoms with Crippen molar-refractivity contribution in [3.8, 4) is 0 Å². The lowest BCUT2D eigenvalue weighted by atomic mass is 10.1. The number of likely N-dealkylation sites (tertiary alicyclic amines) is 1. The molecular weight excluding hydrogens is 220 g/mol. The molecule has 1 amide bonds. The van der Waals surface area contributed by atoms with E-state index in [1.807, 2.05) is 0 Å². The van der Waals surface area contributed by atoms with Crippen molar-refractivity contribution in [2.45, 2.75) is 6.42 Å². The maximum Gasteiger partial charge on any atom is 0.228 e. The summed E-state index contributed by atoms with van der Waals surface area (Å²) in [5.41, 5.74) is 8.25. The zero-order valence-corrected chi connectivity index (χ0v) is 9.20. The number of rotatable bonds is 3. The number of allylic oxidation sites excluding steroid dienone is 1. The molecule has 1 saturated heterocycles. The highest BCUT2D eigenvalue weighted by Gasteiger charge is 2.31. The van der Waals surface area contributed by atoms with Gasteiger partial charge in [-0.1, -0.05) is 11.7 Å². The van der Waals surface area contributed by atoms with Crippen LogP contribution in [0.25, 0.3) is 10.4 Å². The first-order chi connectivity index (χ1) is 8.20. The molecule has 2 aliphatic rings. The van der Waals surface area contributed by atoms with E-state index < -0.39 is 0 Å². The van der Waals surface area contributed by atoms with E-state index in [9.17, 15) is 4.79 Å². The molecule has 2 rings (SSSR count). The molecule has 0 aromatic carbocycles. The monoisotopic (exact) mass is 232 g/mol. The predicted octanol–water partition coefficient (Wildman–Crippen LogP) is 1.13. The highest BCUT2D eigenvalue weighted by Crippen LogP contribution is 2.22. The van der Waals surface area contributed by atoms with Gasteiger partial charge in [0.25, 0.3) is 0 Å². The van der Waals surface area contributed by atoms with Crippen LogP contribution in [-0.4, -0.2) is 30.1 Å². The summed E-state index contributed by atoms with van der Waals surface area (Å²) in [7, 11) is 0. The van der Waals surface area contributed by atoms with Gasteiger partial charge in [-0.15, -0.1) is 0 Å². The molecule has 0 bridgehead atoms. The van der Waals surface area contributed by atoms with Crippen LogP contribution in [-0.2, 0) is 4.79 Å². The van der Waals surface area contributed by atoms with Crippen molar-refractivity contribution in [3.63, 3.8) is 0 Å². The summed E-state index contributed by atoms with van der Waals surface area (Å²) in [6.07, 6.45) is 3.73. The normalized spacial score (nSPS) is 23.2. The number of hydrogen-bond acceptors (Lipinski definition) is 4. The van der Waals surface area contributed by atoms with Gasteiger partial charge >= 0.3 is 0 Å². The molecule has 0 aromatic rings. The summed E-state index contributed by atoms with van der Waals surface area (Å²) in [4.78, 5) is 20.1. The van der Waals surface area contributed by atoms with Crippen molar-refractivity contribution in [2.75, 3.05) is 13.1 Å². The Labute approximate surface area is 98.1 Å². The minimum atomic E-state index is 0.0185. The second-order valence-corrected chi connectivity index (χ2v) is 3.89. The van der Waals surface area contributed by atoms with Crippen LogP contribution in [0.3, 0.4) is 0 Å². The molecule has 2 heterocycles. The fraction of sp³-hybridized carbons (Fsp3) is 0.400. The van der Waals surface area contributed by atoms with Crippen molar-refractivity contribution >= 4 is 12.1 Å². The minimum absolute atomic E-state index is 0.0185. The van der Waals surface area contributed by atoms with Crippen molar-refractivity contribution < 1.29 is 4.79 Å². The van der Waals surface area contributed by atoms with Crippen molar-refractivity contribution in [2.24, 2.45) is 16.0 Å². The molecule has 1 unspecified atom stereocenters. The van der Waals surface area contributed by atoms with Gasteiger partial charge in [-0.05, 0) is 17.5 Å². The average molecular weight is 232 g/mol. The van der Waals surface area contributed by atoms with Crippen LogP contribution >= 0.6 is 0 Å². The number of hydrogen-bond donors (Lipinski definition) is 1. The van der Waals surface area contributed by atoms with E-state index >= 15 is 0 Å². The molecule has 1 N–H and O–H groups in total. The van der Waals surface area contributed by atoms with Gasteiger partial charge < -0.3 is 5.32 Å². The molecule has 7 nitrogen and oxygen atoms in total. The Morgan fingerprint density at radius 3 is 3.29 bits per heavy atom. The van der Waals surface area contributed by atoms with Gasteiger partial charge in [-0.25, -0.2) is 4.99 Å². The predicted molar refractivity (Wildman–Crippen MR) is 62.7 cm³/mol. The first kappa shape index (κ1) is 11.2. The quantitative estimate of drug-likeness (QED) is 0.448. The van der Waals surface area contributed by atoms with Gasteiger partial charge in [-0.2, -0.15) is 0 Å². The fourth-order valence-corrected chi connectivity index (χ4v) is 1.87. The van der Waals surface area contributed by atoms with E-state index in [2.05, 4.69) is 26.9 Å². The Hall–Kier alpha value is -2.27. The van der Waals surface area contributed by atoms with E-state index in [1.54, 1.807) is 17.2 Å². The van der Waals surface area contributed by atoms with E-state index in [-0.39, 0.29) is 11.8 Å². The Morgan fingerprint density at radius 1 is 1.76 bits per heavy atom. The summed E-state index contributed by atoms with van der Waals surface area (Å²) in [5.74, 6) is 1.28. The van der Waals surface area contributed by atoms with Crippen molar-refractivity contribution in [1.82, 2.24) is 10.2 Å². The van der Waals surface area contributed by atoms with Crippen molar-refractivity contribution in [1.29, 1.82) is 0 Å². The first-order valence-corrected chi connectivity index (χ1v) is 5.22. The third-order valence-corrected chi connectivity index (χ3v) is 2.63. The van der Waals surface area contributed by atoms with Crippen LogP contribution in [0.5, 0.6) is 0 Å². The minimum Gasteiger partial charge on any atom is -0.327 e. The zero-order valence-electron chi connectivity index (χ0n) is 9.20. The number of nitrogens with zero attached hydrogens (tertiary/aromatic N) is 5. The van der Waals surface area contributed by atoms with Crippen LogP contribution < -0.4 is 5.32 Å². The first-order valence-electron chi connectivity index (χ1n) is 5.22. The van der Waals surface area contributed by atoms with E-state index in [0.717, 1.165) is 0 Å². The Morgan fingerprint density at radius 2 is 2.59 bits per heavy atom. The summed E-state index contributed by atoms with van der Waals surface area (Å²) in [6, 6.07) is 0. The van der Waals surface area contributed by atoms with E-state index in [4.69, 9.17) is 5.53 Å².